The smallest absolute Gasteiger partial charge is 0.438 e. The molecule has 0 saturated carbocycles. The Morgan fingerprint density at radius 1 is 0.933 bits per heavy atom. The lowest BCUT2D eigenvalue weighted by atomic mass is 10.1. The minimum atomic E-state index is -6.52. The topological polar surface area (TPSA) is 110 Å². The van der Waals surface area contributed by atoms with Gasteiger partial charge in [0.2, 0.25) is 0 Å². The summed E-state index contributed by atoms with van der Waals surface area (Å²) in [5.41, 5.74) is -5.65. The zero-order valence-electron chi connectivity index (χ0n) is 13.7. The van der Waals surface area contributed by atoms with E-state index in [0.717, 1.165) is 3.57 Å². The molecule has 1 aromatic carbocycles. The van der Waals surface area contributed by atoms with E-state index in [1.807, 2.05) is 22.6 Å². The number of alkyl halides is 6. The molecule has 0 radical (unpaired) electrons. The van der Waals surface area contributed by atoms with Crippen molar-refractivity contribution in [3.05, 3.63) is 22.8 Å². The maximum absolute atomic E-state index is 13.1. The minimum absolute atomic E-state index is 0.102. The second kappa shape index (κ2) is 9.77. The third-order valence-corrected chi connectivity index (χ3v) is 6.04. The fourth-order valence-electron chi connectivity index (χ4n) is 1.84. The Kier molecular flexibility index (Phi) is 9.07. The Morgan fingerprint density at radius 2 is 1.37 bits per heavy atom. The number of benzene rings is 1. The van der Waals surface area contributed by atoms with Crippen molar-refractivity contribution in [3.8, 4) is 5.75 Å². The SMILES string of the molecule is O=C(CC(=O)OC(CS(=O)(=O)[O-])(C(F)(F)F)C(F)(F)F)Oc1c(I)cc(I)cc1I. The van der Waals surface area contributed by atoms with Gasteiger partial charge in [0.05, 0.1) is 23.0 Å². The van der Waals surface area contributed by atoms with E-state index in [9.17, 15) is 48.9 Å². The fourth-order valence-corrected chi connectivity index (χ4v) is 6.53. The molecular weight excluding hydrogens is 795 g/mol. The van der Waals surface area contributed by atoms with Gasteiger partial charge < -0.3 is 14.0 Å². The predicted octanol–water partition coefficient (Wildman–Crippen LogP) is 3.75. The highest BCUT2D eigenvalue weighted by Gasteiger charge is 2.75. The summed E-state index contributed by atoms with van der Waals surface area (Å²) in [4.78, 5) is 23.4. The average molecular weight is 801 g/mol. The van der Waals surface area contributed by atoms with Crippen LogP contribution in [0.3, 0.4) is 0 Å². The first-order valence-corrected chi connectivity index (χ1v) is 11.7. The molecule has 0 aromatic heterocycles. The summed E-state index contributed by atoms with van der Waals surface area (Å²) in [6, 6.07) is 3.06. The zero-order chi connectivity index (χ0) is 23.7. The van der Waals surface area contributed by atoms with Gasteiger partial charge in [-0.05, 0) is 79.9 Å². The van der Waals surface area contributed by atoms with E-state index in [1.54, 1.807) is 45.2 Å². The highest BCUT2D eigenvalue weighted by atomic mass is 127. The minimum Gasteiger partial charge on any atom is -0.748 e. The van der Waals surface area contributed by atoms with Crippen LogP contribution in [0.4, 0.5) is 26.3 Å². The quantitative estimate of drug-likeness (QED) is 0.108. The van der Waals surface area contributed by atoms with Crippen LogP contribution in [0, 0.1) is 10.7 Å². The first-order valence-electron chi connectivity index (χ1n) is 6.93. The fraction of sp³-hybridized carbons (Fsp3) is 0.385. The Morgan fingerprint density at radius 3 is 1.73 bits per heavy atom. The van der Waals surface area contributed by atoms with Gasteiger partial charge in [0.25, 0.3) is 0 Å². The van der Waals surface area contributed by atoms with Crippen molar-refractivity contribution in [2.75, 3.05) is 5.75 Å². The highest BCUT2D eigenvalue weighted by Crippen LogP contribution is 2.47. The molecule has 0 heterocycles. The van der Waals surface area contributed by atoms with E-state index in [-0.39, 0.29) is 5.75 Å². The molecule has 30 heavy (non-hydrogen) atoms. The van der Waals surface area contributed by atoms with Gasteiger partial charge in [0, 0.05) is 3.57 Å². The number of carbonyl (C=O) groups is 2. The number of halogens is 9. The van der Waals surface area contributed by atoms with Crippen molar-refractivity contribution in [1.29, 1.82) is 0 Å². The van der Waals surface area contributed by atoms with E-state index in [2.05, 4.69) is 4.74 Å². The van der Waals surface area contributed by atoms with Crippen LogP contribution in [0.25, 0.3) is 0 Å². The lowest BCUT2D eigenvalue weighted by molar-refractivity contribution is -0.361. The molecular formula is C13H6F6I3O7S-. The van der Waals surface area contributed by atoms with Gasteiger partial charge in [-0.1, -0.05) is 0 Å². The Labute approximate surface area is 205 Å². The molecule has 170 valence electrons. The standard InChI is InChI=1S/C13H7F6I3O7S/c14-12(15,16)11(13(17,18)19,4-30(25,26)27)29-9(24)3-8(23)28-10-6(21)1-5(20)2-7(10)22/h1-2H,3-4H2,(H,25,26,27)/p-1. The molecule has 0 spiro atoms. The summed E-state index contributed by atoms with van der Waals surface area (Å²) < 4.78 is 120. The monoisotopic (exact) mass is 801 g/mol. The second-order valence-corrected chi connectivity index (χ2v) is 10.3. The van der Waals surface area contributed by atoms with Gasteiger partial charge in [-0.3, -0.25) is 9.59 Å². The third-order valence-electron chi connectivity index (χ3n) is 3.05. The van der Waals surface area contributed by atoms with Crippen LogP contribution >= 0.6 is 67.8 Å². The Bertz CT molecular complexity index is 909. The number of hydrogen-bond acceptors (Lipinski definition) is 7. The molecule has 0 N–H and O–H groups in total. The molecule has 0 fully saturated rings. The van der Waals surface area contributed by atoms with E-state index >= 15 is 0 Å². The molecule has 0 atom stereocenters. The first-order chi connectivity index (χ1) is 13.3. The number of carbonyl (C=O) groups excluding carboxylic acids is 2. The highest BCUT2D eigenvalue weighted by molar-refractivity contribution is 14.1. The Hall–Kier alpha value is -0.160. The normalized spacial score (nSPS) is 13.1. The summed E-state index contributed by atoms with van der Waals surface area (Å²) in [6.07, 6.45) is -14.8. The molecule has 0 aliphatic carbocycles. The van der Waals surface area contributed by atoms with Crippen molar-refractivity contribution in [2.45, 2.75) is 24.4 Å². The van der Waals surface area contributed by atoms with E-state index in [1.165, 1.54) is 12.1 Å². The molecule has 0 bridgehead atoms. The van der Waals surface area contributed by atoms with Crippen LogP contribution in [0.1, 0.15) is 6.42 Å². The van der Waals surface area contributed by atoms with Gasteiger partial charge in [-0.15, -0.1) is 0 Å². The van der Waals surface area contributed by atoms with Gasteiger partial charge in [-0.2, -0.15) is 26.3 Å². The van der Waals surface area contributed by atoms with Gasteiger partial charge in [0.1, 0.15) is 6.42 Å². The first kappa shape index (κ1) is 27.9. The summed E-state index contributed by atoms with van der Waals surface area (Å²) in [5, 5.41) is 0. The predicted molar refractivity (Wildman–Crippen MR) is 110 cm³/mol. The van der Waals surface area contributed by atoms with E-state index < -0.39 is 52.2 Å². The summed E-state index contributed by atoms with van der Waals surface area (Å²) in [6.45, 7) is 0. The summed E-state index contributed by atoms with van der Waals surface area (Å²) in [7, 11) is -6.17. The molecule has 1 aromatic rings. The van der Waals surface area contributed by atoms with Crippen molar-refractivity contribution in [3.63, 3.8) is 0 Å². The molecule has 1 rings (SSSR count). The van der Waals surface area contributed by atoms with Crippen LogP contribution in [0.15, 0.2) is 12.1 Å². The maximum Gasteiger partial charge on any atom is 0.438 e. The molecule has 17 heteroatoms. The number of ether oxygens (including phenoxy) is 2. The van der Waals surface area contributed by atoms with Crippen molar-refractivity contribution >= 4 is 89.8 Å². The zero-order valence-corrected chi connectivity index (χ0v) is 21.0. The van der Waals surface area contributed by atoms with E-state index in [4.69, 9.17) is 4.74 Å². The largest absolute Gasteiger partial charge is 0.748 e. The van der Waals surface area contributed by atoms with Crippen LogP contribution in [0.5, 0.6) is 5.75 Å². The molecule has 0 unspecified atom stereocenters. The van der Waals surface area contributed by atoms with Gasteiger partial charge in [-0.25, -0.2) is 8.42 Å². The van der Waals surface area contributed by atoms with Crippen molar-refractivity contribution in [2.24, 2.45) is 0 Å². The molecule has 0 amide bonds. The molecule has 0 aliphatic heterocycles. The van der Waals surface area contributed by atoms with Gasteiger partial charge >= 0.3 is 29.9 Å². The number of esters is 2. The lowest BCUT2D eigenvalue weighted by Crippen LogP contribution is -2.63. The summed E-state index contributed by atoms with van der Waals surface area (Å²) >= 11 is 5.40. The van der Waals surface area contributed by atoms with Crippen LogP contribution in [0.2, 0.25) is 0 Å². The van der Waals surface area contributed by atoms with Crippen molar-refractivity contribution < 1.29 is 58.4 Å². The van der Waals surface area contributed by atoms with Crippen LogP contribution in [-0.4, -0.2) is 48.6 Å². The Balaban J connectivity index is 3.15. The van der Waals surface area contributed by atoms with E-state index in [0.29, 0.717) is 7.14 Å². The third kappa shape index (κ3) is 7.18. The summed E-state index contributed by atoms with van der Waals surface area (Å²) in [5.74, 6) is -7.22. The number of hydrogen-bond donors (Lipinski definition) is 0. The lowest BCUT2D eigenvalue weighted by Gasteiger charge is -2.36. The van der Waals surface area contributed by atoms with Crippen LogP contribution in [-0.2, 0) is 24.4 Å². The number of rotatable bonds is 6. The second-order valence-electron chi connectivity index (χ2n) is 5.35. The average Bonchev–Trinajstić information content (AvgIpc) is 2.46. The molecule has 0 saturated heterocycles. The van der Waals surface area contributed by atoms with Gasteiger partial charge in [0.15, 0.2) is 5.75 Å². The maximum atomic E-state index is 13.1. The van der Waals surface area contributed by atoms with Crippen molar-refractivity contribution in [1.82, 2.24) is 0 Å². The van der Waals surface area contributed by atoms with Crippen LogP contribution < -0.4 is 4.74 Å². The molecule has 0 aliphatic rings. The molecule has 7 nitrogen and oxygen atoms in total.